The molecular weight excluding hydrogens is 565 g/mol. The number of carbonyl (C=O) groups excluding carboxylic acids is 1. The van der Waals surface area contributed by atoms with Crippen LogP contribution < -0.4 is 4.72 Å². The van der Waals surface area contributed by atoms with Crippen LogP contribution in [0.1, 0.15) is 88.2 Å². The number of likely N-dealkylation sites (tertiary alicyclic amines) is 1. The smallest absolute Gasteiger partial charge is 0.255 e. The number of aromatic nitrogens is 1. The number of nitrogens with zero attached hydrogens (tertiary/aromatic N) is 2. The van der Waals surface area contributed by atoms with E-state index in [-0.39, 0.29) is 16.5 Å². The highest BCUT2D eigenvalue weighted by atomic mass is 35.5. The van der Waals surface area contributed by atoms with Gasteiger partial charge in [0.1, 0.15) is 0 Å². The zero-order valence-electron chi connectivity index (χ0n) is 24.3. The number of carbonyl (C=O) groups is 1. The number of rotatable bonds is 6. The van der Waals surface area contributed by atoms with E-state index in [0.717, 1.165) is 49.4 Å². The van der Waals surface area contributed by atoms with Crippen LogP contribution in [-0.2, 0) is 21.0 Å². The van der Waals surface area contributed by atoms with Crippen molar-refractivity contribution in [2.75, 3.05) is 19.7 Å². The van der Waals surface area contributed by atoms with Crippen LogP contribution in [-0.4, -0.2) is 56.3 Å². The predicted octanol–water partition coefficient (Wildman–Crippen LogP) is 7.12. The van der Waals surface area contributed by atoms with Crippen LogP contribution in [0.25, 0.3) is 11.3 Å². The number of halogens is 2. The van der Waals surface area contributed by atoms with Gasteiger partial charge in [-0.3, -0.25) is 4.79 Å². The molecule has 3 aliphatic rings. The fourth-order valence-corrected chi connectivity index (χ4v) is 9.19. The second kappa shape index (κ2) is 11.3. The highest BCUT2D eigenvalue weighted by Gasteiger charge is 2.42. The lowest BCUT2D eigenvalue weighted by Gasteiger charge is -2.47. The second-order valence-electron chi connectivity index (χ2n) is 13.0. The van der Waals surface area contributed by atoms with Crippen molar-refractivity contribution >= 4 is 44.7 Å². The summed E-state index contributed by atoms with van der Waals surface area (Å²) in [5.74, 6) is 4.56. The highest BCUT2D eigenvalue weighted by Crippen LogP contribution is 2.41. The molecule has 9 heteroatoms. The van der Waals surface area contributed by atoms with Crippen LogP contribution in [0, 0.1) is 12.8 Å². The summed E-state index contributed by atoms with van der Waals surface area (Å²) in [5.41, 5.74) is 2.85. The summed E-state index contributed by atoms with van der Waals surface area (Å²) in [6.07, 6.45) is 9.01. The predicted molar refractivity (Wildman–Crippen MR) is 166 cm³/mol. The molecule has 0 radical (unpaired) electrons. The molecule has 1 N–H and O–H groups in total. The maximum atomic E-state index is 13.9. The number of hydrogen-bond acceptors (Lipinski definition) is 3. The van der Waals surface area contributed by atoms with Crippen molar-refractivity contribution in [3.8, 4) is 11.3 Å². The van der Waals surface area contributed by atoms with Gasteiger partial charge in [-0.05, 0) is 83.7 Å². The van der Waals surface area contributed by atoms with Gasteiger partial charge in [0.25, 0.3) is 5.91 Å². The third-order valence-electron chi connectivity index (χ3n) is 8.84. The highest BCUT2D eigenvalue weighted by molar-refractivity contribution is 7.98. The zero-order valence-corrected chi connectivity index (χ0v) is 26.6. The summed E-state index contributed by atoms with van der Waals surface area (Å²) >= 11 is 13.7. The molecule has 40 heavy (non-hydrogen) atoms. The van der Waals surface area contributed by atoms with E-state index in [4.69, 9.17) is 27.9 Å². The molecule has 0 bridgehead atoms. The third-order valence-corrected chi connectivity index (χ3v) is 11.8. The lowest BCUT2D eigenvalue weighted by molar-refractivity contribution is -0.169. The van der Waals surface area contributed by atoms with E-state index < -0.39 is 15.2 Å². The van der Waals surface area contributed by atoms with Gasteiger partial charge >= 0.3 is 0 Å². The lowest BCUT2D eigenvalue weighted by atomic mass is 9.84. The number of nitrogens with one attached hydrogen (secondary N) is 1. The van der Waals surface area contributed by atoms with Crippen molar-refractivity contribution in [1.82, 2.24) is 14.2 Å². The average Bonchev–Trinajstić information content (AvgIpc) is 3.19. The van der Waals surface area contributed by atoms with E-state index in [1.807, 2.05) is 44.7 Å². The summed E-state index contributed by atoms with van der Waals surface area (Å²) in [6, 6.07) is 5.61. The van der Waals surface area contributed by atoms with Gasteiger partial charge in [-0.25, -0.2) is 8.93 Å². The first-order chi connectivity index (χ1) is 18.8. The van der Waals surface area contributed by atoms with Crippen LogP contribution in [0.2, 0.25) is 10.0 Å². The van der Waals surface area contributed by atoms with Gasteiger partial charge in [-0.2, -0.15) is 0 Å². The maximum Gasteiger partial charge on any atom is 0.255 e. The Labute approximate surface area is 249 Å². The number of piperidine rings is 1. The normalized spacial score (nSPS) is 21.3. The number of amides is 1. The van der Waals surface area contributed by atoms with Crippen molar-refractivity contribution in [2.45, 2.75) is 102 Å². The van der Waals surface area contributed by atoms with Gasteiger partial charge in [0.15, 0.2) is 0 Å². The SMILES string of the molecule is C=S(=O)(NC(C)(C)C)c1ccc(-c2cc(C(=O)N3CCC4(CCO4)CC3)c(C)n2CC2CCCCC2)c(Cl)c1Cl. The van der Waals surface area contributed by atoms with E-state index in [0.29, 0.717) is 34.5 Å². The molecule has 1 aromatic heterocycles. The van der Waals surface area contributed by atoms with Crippen molar-refractivity contribution in [3.63, 3.8) is 0 Å². The molecule has 1 saturated carbocycles. The molecule has 3 heterocycles. The van der Waals surface area contributed by atoms with E-state index >= 15 is 0 Å². The quantitative estimate of drug-likeness (QED) is 0.355. The van der Waals surface area contributed by atoms with Gasteiger partial charge in [0.2, 0.25) is 0 Å². The number of ether oxygens (including phenoxy) is 1. The Morgan fingerprint density at radius 2 is 1.77 bits per heavy atom. The van der Waals surface area contributed by atoms with Crippen LogP contribution >= 0.6 is 23.2 Å². The first-order valence-corrected chi connectivity index (χ1v) is 17.1. The minimum atomic E-state index is -2.89. The van der Waals surface area contributed by atoms with Crippen molar-refractivity contribution in [3.05, 3.63) is 39.5 Å². The van der Waals surface area contributed by atoms with E-state index in [1.54, 1.807) is 6.07 Å². The van der Waals surface area contributed by atoms with Crippen LogP contribution in [0.4, 0.5) is 0 Å². The molecule has 2 aliphatic heterocycles. The van der Waals surface area contributed by atoms with Gasteiger partial charge in [0.05, 0.1) is 48.1 Å². The monoisotopic (exact) mass is 607 g/mol. The lowest BCUT2D eigenvalue weighted by Crippen LogP contribution is -2.53. The molecule has 5 rings (SSSR count). The first kappa shape index (κ1) is 30.0. The largest absolute Gasteiger partial charge is 0.375 e. The summed E-state index contributed by atoms with van der Waals surface area (Å²) in [7, 11) is -2.89. The molecule has 1 aliphatic carbocycles. The van der Waals surface area contributed by atoms with Gasteiger partial charge in [-0.1, -0.05) is 48.5 Å². The Hall–Kier alpha value is -1.51. The summed E-state index contributed by atoms with van der Waals surface area (Å²) in [6.45, 7) is 10.9. The summed E-state index contributed by atoms with van der Waals surface area (Å²) in [5, 5.41) is 0.559. The summed E-state index contributed by atoms with van der Waals surface area (Å²) in [4.78, 5) is 16.2. The zero-order chi connectivity index (χ0) is 28.9. The molecule has 1 atom stereocenters. The first-order valence-electron chi connectivity index (χ1n) is 14.6. The molecule has 1 amide bonds. The molecule has 1 unspecified atom stereocenters. The number of hydrogen-bond donors (Lipinski definition) is 1. The molecule has 2 aromatic rings. The van der Waals surface area contributed by atoms with Crippen molar-refractivity contribution in [2.24, 2.45) is 5.92 Å². The van der Waals surface area contributed by atoms with Crippen LogP contribution in [0.3, 0.4) is 0 Å². The van der Waals surface area contributed by atoms with Gasteiger partial charge in [0, 0.05) is 36.4 Å². The Morgan fingerprint density at radius 3 is 2.35 bits per heavy atom. The Morgan fingerprint density at radius 1 is 1.12 bits per heavy atom. The van der Waals surface area contributed by atoms with Crippen LogP contribution in [0.5, 0.6) is 0 Å². The van der Waals surface area contributed by atoms with E-state index in [2.05, 4.69) is 15.2 Å². The number of benzene rings is 1. The molecule has 1 aromatic carbocycles. The summed E-state index contributed by atoms with van der Waals surface area (Å²) < 4.78 is 24.7. The fourth-order valence-electron chi connectivity index (χ4n) is 6.55. The standard InChI is InChI=1S/C31H43Cl2N3O3S/c1-21-24(29(37)35-16-13-31(14-17-35)15-18-39-31)19-25(36(21)20-22-9-7-6-8-10-22)23-11-12-26(28(33)27(23)32)40(5,38)34-30(2,3)4/h11-12,19,22H,5-10,13-18,20H2,1-4H3,(H,34,38). The van der Waals surface area contributed by atoms with Crippen LogP contribution in [0.15, 0.2) is 23.1 Å². The minimum absolute atomic E-state index is 0.00925. The molecule has 1 spiro atoms. The van der Waals surface area contributed by atoms with E-state index in [9.17, 15) is 9.00 Å². The minimum Gasteiger partial charge on any atom is -0.375 e. The third kappa shape index (κ3) is 6.00. The van der Waals surface area contributed by atoms with Crippen molar-refractivity contribution in [1.29, 1.82) is 0 Å². The Bertz CT molecular complexity index is 1370. The Balaban J connectivity index is 1.51. The Kier molecular flexibility index (Phi) is 8.46. The molecule has 3 fully saturated rings. The molecule has 6 nitrogen and oxygen atoms in total. The maximum absolute atomic E-state index is 13.9. The second-order valence-corrected chi connectivity index (χ2v) is 15.7. The molecule has 220 valence electrons. The molecular formula is C31H43Cl2N3O3S. The van der Waals surface area contributed by atoms with Gasteiger partial charge < -0.3 is 14.2 Å². The topological polar surface area (TPSA) is 63.6 Å². The van der Waals surface area contributed by atoms with Crippen molar-refractivity contribution < 1.29 is 13.7 Å². The average molecular weight is 609 g/mol. The fraction of sp³-hybridized carbons (Fsp3) is 0.613. The van der Waals surface area contributed by atoms with Gasteiger partial charge in [-0.15, -0.1) is 0 Å². The van der Waals surface area contributed by atoms with E-state index in [1.165, 1.54) is 32.1 Å². The molecule has 2 saturated heterocycles.